The average Bonchev–Trinajstić information content (AvgIpc) is 2.98. The molecular weight excluding hydrogens is 224 g/mol. The first-order valence-corrected chi connectivity index (χ1v) is 7.72. The van der Waals surface area contributed by atoms with Crippen molar-refractivity contribution in [1.29, 1.82) is 0 Å². The van der Waals surface area contributed by atoms with E-state index in [4.69, 9.17) is 5.73 Å². The van der Waals surface area contributed by atoms with Crippen LogP contribution in [0.5, 0.6) is 0 Å². The lowest BCUT2D eigenvalue weighted by molar-refractivity contribution is -0.136. The van der Waals surface area contributed by atoms with Gasteiger partial charge in [-0.15, -0.1) is 0 Å². The van der Waals surface area contributed by atoms with E-state index in [9.17, 15) is 4.79 Å². The maximum atomic E-state index is 12.6. The van der Waals surface area contributed by atoms with Crippen LogP contribution in [0.15, 0.2) is 0 Å². The molecule has 0 bridgehead atoms. The van der Waals surface area contributed by atoms with E-state index in [2.05, 4.69) is 4.90 Å². The summed E-state index contributed by atoms with van der Waals surface area (Å²) in [7, 11) is 0. The number of hydrogen-bond donors (Lipinski definition) is 1. The van der Waals surface area contributed by atoms with Crippen molar-refractivity contribution >= 4 is 5.91 Å². The van der Waals surface area contributed by atoms with Gasteiger partial charge in [0.15, 0.2) is 0 Å². The fourth-order valence-electron chi connectivity index (χ4n) is 4.35. The maximum Gasteiger partial charge on any atom is 0.242 e. The van der Waals surface area contributed by atoms with E-state index in [1.54, 1.807) is 0 Å². The smallest absolute Gasteiger partial charge is 0.242 e. The molecule has 2 aliphatic carbocycles. The number of hydrogen-bond acceptors (Lipinski definition) is 2. The number of carbonyl (C=O) groups excluding carboxylic acids is 1. The second kappa shape index (κ2) is 4.52. The molecule has 1 saturated heterocycles. The van der Waals surface area contributed by atoms with Crippen molar-refractivity contribution in [3.63, 3.8) is 0 Å². The van der Waals surface area contributed by atoms with Gasteiger partial charge in [0.2, 0.25) is 5.91 Å². The summed E-state index contributed by atoms with van der Waals surface area (Å²) < 4.78 is 0. The van der Waals surface area contributed by atoms with E-state index in [0.29, 0.717) is 5.41 Å². The van der Waals surface area contributed by atoms with Crippen molar-refractivity contribution in [2.24, 2.45) is 11.1 Å². The topological polar surface area (TPSA) is 46.3 Å². The third-order valence-electron chi connectivity index (χ3n) is 5.56. The summed E-state index contributed by atoms with van der Waals surface area (Å²) in [6.07, 6.45) is 12.0. The predicted octanol–water partition coefficient (Wildman–Crippen LogP) is 2.44. The van der Waals surface area contributed by atoms with Gasteiger partial charge in [-0.2, -0.15) is 0 Å². The molecule has 0 unspecified atom stereocenters. The molecule has 3 rings (SSSR count). The molecule has 2 N–H and O–H groups in total. The Morgan fingerprint density at radius 2 is 1.50 bits per heavy atom. The lowest BCUT2D eigenvalue weighted by Crippen LogP contribution is -2.53. The third-order valence-corrected chi connectivity index (χ3v) is 5.56. The molecule has 0 radical (unpaired) electrons. The van der Waals surface area contributed by atoms with Crippen LogP contribution in [0.1, 0.15) is 64.2 Å². The van der Waals surface area contributed by atoms with Crippen LogP contribution in [-0.2, 0) is 4.79 Å². The molecule has 1 aliphatic heterocycles. The van der Waals surface area contributed by atoms with Crippen LogP contribution in [0.2, 0.25) is 0 Å². The Kier molecular flexibility index (Phi) is 3.13. The van der Waals surface area contributed by atoms with Crippen molar-refractivity contribution in [3.05, 3.63) is 0 Å². The fraction of sp³-hybridized carbons (Fsp3) is 0.933. The Morgan fingerprint density at radius 1 is 0.889 bits per heavy atom. The number of nitrogens with two attached hydrogens (primary N) is 1. The minimum atomic E-state index is -0.514. The van der Waals surface area contributed by atoms with Crippen molar-refractivity contribution in [1.82, 2.24) is 4.90 Å². The minimum absolute atomic E-state index is 0.252. The molecule has 3 nitrogen and oxygen atoms in total. The van der Waals surface area contributed by atoms with Crippen LogP contribution >= 0.6 is 0 Å². The van der Waals surface area contributed by atoms with Gasteiger partial charge in [-0.25, -0.2) is 0 Å². The molecule has 0 aromatic heterocycles. The molecule has 3 heteroatoms. The zero-order valence-electron chi connectivity index (χ0n) is 11.4. The van der Waals surface area contributed by atoms with E-state index in [1.807, 2.05) is 0 Å². The fourth-order valence-corrected chi connectivity index (χ4v) is 4.35. The molecular formula is C15H26N2O. The van der Waals surface area contributed by atoms with Gasteiger partial charge in [0, 0.05) is 13.1 Å². The highest BCUT2D eigenvalue weighted by molar-refractivity contribution is 5.86. The maximum absolute atomic E-state index is 12.6. The normalized spacial score (nSPS) is 29.9. The van der Waals surface area contributed by atoms with Gasteiger partial charge in [-0.3, -0.25) is 4.79 Å². The van der Waals surface area contributed by atoms with Crippen molar-refractivity contribution in [2.45, 2.75) is 69.7 Å². The van der Waals surface area contributed by atoms with Gasteiger partial charge in [0.25, 0.3) is 0 Å². The second-order valence-corrected chi connectivity index (χ2v) is 6.90. The van der Waals surface area contributed by atoms with E-state index in [-0.39, 0.29) is 5.91 Å². The number of amides is 1. The Bertz CT molecular complexity index is 327. The molecule has 0 aromatic carbocycles. The van der Waals surface area contributed by atoms with Gasteiger partial charge in [0.1, 0.15) is 0 Å². The van der Waals surface area contributed by atoms with Crippen LogP contribution < -0.4 is 5.73 Å². The van der Waals surface area contributed by atoms with E-state index in [1.165, 1.54) is 38.5 Å². The molecule has 1 amide bonds. The van der Waals surface area contributed by atoms with Gasteiger partial charge in [-0.1, -0.05) is 32.1 Å². The molecule has 102 valence electrons. The highest BCUT2D eigenvalue weighted by Crippen LogP contribution is 2.44. The van der Waals surface area contributed by atoms with Crippen LogP contribution in [0.3, 0.4) is 0 Å². The number of likely N-dealkylation sites (tertiary alicyclic amines) is 1. The van der Waals surface area contributed by atoms with Gasteiger partial charge < -0.3 is 10.6 Å². The average molecular weight is 250 g/mol. The molecule has 2 saturated carbocycles. The summed E-state index contributed by atoms with van der Waals surface area (Å²) in [6, 6.07) is 0. The number of nitrogens with zero attached hydrogens (tertiary/aromatic N) is 1. The quantitative estimate of drug-likeness (QED) is 0.777. The molecule has 1 heterocycles. The van der Waals surface area contributed by atoms with Crippen molar-refractivity contribution < 1.29 is 4.79 Å². The summed E-state index contributed by atoms with van der Waals surface area (Å²) in [4.78, 5) is 14.7. The summed E-state index contributed by atoms with van der Waals surface area (Å²) in [5.41, 5.74) is 6.26. The van der Waals surface area contributed by atoms with Crippen molar-refractivity contribution in [3.8, 4) is 0 Å². The first-order chi connectivity index (χ1) is 8.64. The van der Waals surface area contributed by atoms with Crippen LogP contribution in [0.4, 0.5) is 0 Å². The monoisotopic (exact) mass is 250 g/mol. The highest BCUT2D eigenvalue weighted by atomic mass is 16.2. The lowest BCUT2D eigenvalue weighted by Gasteiger charge is -2.34. The third kappa shape index (κ3) is 2.07. The Balaban J connectivity index is 1.66. The standard InChI is InChI=1S/C15H26N2O/c16-15(8-4-5-9-15)13(18)17-11-10-14(12-17)6-2-1-3-7-14/h1-12,16H2. The second-order valence-electron chi connectivity index (χ2n) is 6.90. The molecule has 18 heavy (non-hydrogen) atoms. The molecule has 1 spiro atoms. The van der Waals surface area contributed by atoms with Crippen LogP contribution in [0.25, 0.3) is 0 Å². The SMILES string of the molecule is NC1(C(=O)N2CCC3(CCCCC3)C2)CCCC1. The first-order valence-electron chi connectivity index (χ1n) is 7.72. The Hall–Kier alpha value is -0.570. The van der Waals surface area contributed by atoms with E-state index < -0.39 is 5.54 Å². The summed E-state index contributed by atoms with van der Waals surface area (Å²) in [6.45, 7) is 1.95. The molecule has 3 fully saturated rings. The van der Waals surface area contributed by atoms with Crippen LogP contribution in [-0.4, -0.2) is 29.4 Å². The lowest BCUT2D eigenvalue weighted by atomic mass is 9.73. The molecule has 0 aromatic rings. The van der Waals surface area contributed by atoms with Gasteiger partial charge in [-0.05, 0) is 37.5 Å². The van der Waals surface area contributed by atoms with Gasteiger partial charge in [0.05, 0.1) is 5.54 Å². The minimum Gasteiger partial charge on any atom is -0.341 e. The summed E-state index contributed by atoms with van der Waals surface area (Å²) in [5.74, 6) is 0.252. The summed E-state index contributed by atoms with van der Waals surface area (Å²) >= 11 is 0. The summed E-state index contributed by atoms with van der Waals surface area (Å²) in [5, 5.41) is 0. The number of rotatable bonds is 1. The first kappa shape index (κ1) is 12.5. The largest absolute Gasteiger partial charge is 0.341 e. The van der Waals surface area contributed by atoms with Crippen molar-refractivity contribution in [2.75, 3.05) is 13.1 Å². The zero-order valence-corrected chi connectivity index (χ0v) is 11.4. The Labute approximate surface area is 110 Å². The molecule has 0 atom stereocenters. The highest BCUT2D eigenvalue weighted by Gasteiger charge is 2.46. The van der Waals surface area contributed by atoms with Crippen LogP contribution in [0, 0.1) is 5.41 Å². The zero-order chi connectivity index (χ0) is 12.6. The van der Waals surface area contributed by atoms with E-state index in [0.717, 1.165) is 38.8 Å². The van der Waals surface area contributed by atoms with E-state index >= 15 is 0 Å². The Morgan fingerprint density at radius 3 is 2.17 bits per heavy atom. The predicted molar refractivity (Wildman–Crippen MR) is 72.1 cm³/mol. The molecule has 3 aliphatic rings. The van der Waals surface area contributed by atoms with Gasteiger partial charge >= 0.3 is 0 Å². The number of carbonyl (C=O) groups is 1.